The number of rotatable bonds is 1. The molecule has 0 saturated carbocycles. The molecule has 0 aromatic heterocycles. The van der Waals surface area contributed by atoms with Crippen molar-refractivity contribution >= 4 is 0 Å². The minimum Gasteiger partial charge on any atom is -0.106 e. The van der Waals surface area contributed by atoms with Crippen LogP contribution in [0.2, 0.25) is 0 Å². The van der Waals surface area contributed by atoms with Crippen LogP contribution in [0, 0.1) is 5.41 Å². The zero-order valence-corrected chi connectivity index (χ0v) is 7.33. The molecule has 0 heterocycles. The van der Waals surface area contributed by atoms with Gasteiger partial charge in [0.05, 0.1) is 0 Å². The Balaban J connectivity index is 0. The van der Waals surface area contributed by atoms with Crippen molar-refractivity contribution in [1.29, 1.82) is 0 Å². The molecule has 0 nitrogen and oxygen atoms in total. The van der Waals surface area contributed by atoms with E-state index in [0.29, 0.717) is 5.41 Å². The molecule has 0 atom stereocenters. The molecule has 0 aliphatic heterocycles. The minimum atomic E-state index is 0.550. The molecule has 0 heteroatoms. The predicted molar refractivity (Wildman–Crippen MR) is 45.6 cm³/mol. The van der Waals surface area contributed by atoms with Crippen molar-refractivity contribution in [1.82, 2.24) is 0 Å². The fraction of sp³-hybridized carbons (Fsp3) is 0.778. The largest absolute Gasteiger partial charge is 0.106 e. The minimum absolute atomic E-state index is 0.550. The summed E-state index contributed by atoms with van der Waals surface area (Å²) in [5.41, 5.74) is 0.550. The molecule has 56 valence electrons. The zero-order valence-electron chi connectivity index (χ0n) is 7.33. The molecule has 9 heavy (non-hydrogen) atoms. The van der Waals surface area contributed by atoms with Gasteiger partial charge in [0.2, 0.25) is 0 Å². The molecule has 0 unspecified atom stereocenters. The van der Waals surface area contributed by atoms with Gasteiger partial charge in [0.25, 0.3) is 0 Å². The second-order valence-electron chi connectivity index (χ2n) is 3.31. The summed E-state index contributed by atoms with van der Waals surface area (Å²) in [6.07, 6.45) is 2.65. The first-order chi connectivity index (χ1) is 4.06. The van der Waals surface area contributed by atoms with E-state index in [1.54, 1.807) is 0 Å². The van der Waals surface area contributed by atoms with E-state index in [0.717, 1.165) is 0 Å². The zero-order chi connectivity index (χ0) is 7.91. The standard InChI is InChI=1S/C7H16.C2H4/c1-5-6-7(2,3)4;1-2/h5-6H2,1-4H3;1-2H2. The van der Waals surface area contributed by atoms with Gasteiger partial charge in [-0.15, -0.1) is 13.2 Å². The molecule has 0 N–H and O–H groups in total. The Labute approximate surface area is 60.0 Å². The second kappa shape index (κ2) is 5.87. The lowest BCUT2D eigenvalue weighted by atomic mass is 9.91. The summed E-state index contributed by atoms with van der Waals surface area (Å²) in [5, 5.41) is 0. The third-order valence-electron chi connectivity index (χ3n) is 1.000. The number of hydrogen-bond donors (Lipinski definition) is 0. The van der Waals surface area contributed by atoms with Gasteiger partial charge in [-0.05, 0) is 11.8 Å². The van der Waals surface area contributed by atoms with Crippen molar-refractivity contribution in [3.05, 3.63) is 13.2 Å². The molecule has 0 aromatic rings. The van der Waals surface area contributed by atoms with Gasteiger partial charge in [0, 0.05) is 0 Å². The summed E-state index contributed by atoms with van der Waals surface area (Å²) in [6.45, 7) is 15.1. The highest BCUT2D eigenvalue weighted by Gasteiger charge is 2.06. The predicted octanol–water partition coefficient (Wildman–Crippen LogP) is 3.63. The molecule has 0 saturated heterocycles. The molecule has 0 spiro atoms. The van der Waals surface area contributed by atoms with Gasteiger partial charge >= 0.3 is 0 Å². The van der Waals surface area contributed by atoms with Crippen LogP contribution in [0.1, 0.15) is 40.5 Å². The maximum absolute atomic E-state index is 3.00. The van der Waals surface area contributed by atoms with Crippen molar-refractivity contribution in [2.75, 3.05) is 0 Å². The van der Waals surface area contributed by atoms with Crippen LogP contribution < -0.4 is 0 Å². The van der Waals surface area contributed by atoms with Gasteiger partial charge in [0.15, 0.2) is 0 Å². The molecule has 0 bridgehead atoms. The van der Waals surface area contributed by atoms with Gasteiger partial charge in [-0.3, -0.25) is 0 Å². The monoisotopic (exact) mass is 128 g/mol. The van der Waals surface area contributed by atoms with Crippen molar-refractivity contribution in [3.63, 3.8) is 0 Å². The first-order valence-corrected chi connectivity index (χ1v) is 3.56. The van der Waals surface area contributed by atoms with Crippen molar-refractivity contribution < 1.29 is 0 Å². The topological polar surface area (TPSA) is 0 Å². The normalized spacial score (nSPS) is 9.78. The average Bonchev–Trinajstić information content (AvgIpc) is 1.69. The van der Waals surface area contributed by atoms with Crippen molar-refractivity contribution in [3.8, 4) is 0 Å². The van der Waals surface area contributed by atoms with Crippen LogP contribution in [0.5, 0.6) is 0 Å². The SMILES string of the molecule is C=C.CCCC(C)(C)C. The lowest BCUT2D eigenvalue weighted by Gasteiger charge is -2.15. The van der Waals surface area contributed by atoms with Crippen molar-refractivity contribution in [2.45, 2.75) is 40.5 Å². The summed E-state index contributed by atoms with van der Waals surface area (Å²) in [7, 11) is 0. The maximum atomic E-state index is 3.00. The highest BCUT2D eigenvalue weighted by atomic mass is 14.1. The van der Waals surface area contributed by atoms with Crippen LogP contribution in [0.25, 0.3) is 0 Å². The third kappa shape index (κ3) is 18.2. The molecule has 0 amide bonds. The quantitative estimate of drug-likeness (QED) is 0.473. The van der Waals surface area contributed by atoms with Gasteiger partial charge in [-0.1, -0.05) is 34.1 Å². The van der Waals surface area contributed by atoms with E-state index in [2.05, 4.69) is 40.9 Å². The highest BCUT2D eigenvalue weighted by Crippen LogP contribution is 2.19. The molecular weight excluding hydrogens is 108 g/mol. The average molecular weight is 128 g/mol. The van der Waals surface area contributed by atoms with E-state index in [-0.39, 0.29) is 0 Å². The van der Waals surface area contributed by atoms with E-state index < -0.39 is 0 Å². The van der Waals surface area contributed by atoms with Crippen LogP contribution in [0.15, 0.2) is 13.2 Å². The maximum Gasteiger partial charge on any atom is -0.0383 e. The van der Waals surface area contributed by atoms with Gasteiger partial charge in [-0.25, -0.2) is 0 Å². The van der Waals surface area contributed by atoms with Crippen LogP contribution >= 0.6 is 0 Å². The van der Waals surface area contributed by atoms with Crippen LogP contribution in [0.4, 0.5) is 0 Å². The summed E-state index contributed by atoms with van der Waals surface area (Å²) in [5.74, 6) is 0. The molecule has 0 radical (unpaired) electrons. The van der Waals surface area contributed by atoms with Gasteiger partial charge < -0.3 is 0 Å². The molecular formula is C9H20. The van der Waals surface area contributed by atoms with E-state index >= 15 is 0 Å². The number of hydrogen-bond acceptors (Lipinski definition) is 0. The van der Waals surface area contributed by atoms with Gasteiger partial charge in [0.1, 0.15) is 0 Å². The van der Waals surface area contributed by atoms with E-state index in [4.69, 9.17) is 0 Å². The molecule has 0 aliphatic rings. The van der Waals surface area contributed by atoms with Crippen LogP contribution in [0.3, 0.4) is 0 Å². The highest BCUT2D eigenvalue weighted by molar-refractivity contribution is 4.58. The van der Waals surface area contributed by atoms with E-state index in [1.165, 1.54) is 12.8 Å². The fourth-order valence-corrected chi connectivity index (χ4v) is 0.750. The third-order valence-corrected chi connectivity index (χ3v) is 1.000. The first-order valence-electron chi connectivity index (χ1n) is 3.56. The summed E-state index contributed by atoms with van der Waals surface area (Å²) in [4.78, 5) is 0. The Morgan fingerprint density at radius 1 is 1.11 bits per heavy atom. The Morgan fingerprint density at radius 2 is 1.44 bits per heavy atom. The Kier molecular flexibility index (Phi) is 7.52. The Hall–Kier alpha value is -0.260. The molecule has 0 rings (SSSR count). The summed E-state index contributed by atoms with van der Waals surface area (Å²) >= 11 is 0. The Bertz CT molecular complexity index is 47.5. The Morgan fingerprint density at radius 3 is 1.44 bits per heavy atom. The van der Waals surface area contributed by atoms with E-state index in [9.17, 15) is 0 Å². The molecule has 0 aliphatic carbocycles. The lowest BCUT2D eigenvalue weighted by Crippen LogP contribution is -2.02. The fourth-order valence-electron chi connectivity index (χ4n) is 0.750. The van der Waals surface area contributed by atoms with Crippen LogP contribution in [-0.2, 0) is 0 Å². The molecule has 0 aromatic carbocycles. The molecule has 0 fully saturated rings. The summed E-state index contributed by atoms with van der Waals surface area (Å²) in [6, 6.07) is 0. The smallest absolute Gasteiger partial charge is 0.0383 e. The summed E-state index contributed by atoms with van der Waals surface area (Å²) < 4.78 is 0. The van der Waals surface area contributed by atoms with Crippen LogP contribution in [-0.4, -0.2) is 0 Å². The first kappa shape index (κ1) is 11.5. The van der Waals surface area contributed by atoms with Gasteiger partial charge in [-0.2, -0.15) is 0 Å². The van der Waals surface area contributed by atoms with Crippen molar-refractivity contribution in [2.24, 2.45) is 5.41 Å². The van der Waals surface area contributed by atoms with E-state index in [1.807, 2.05) is 0 Å². The lowest BCUT2D eigenvalue weighted by molar-refractivity contribution is 0.373. The second-order valence-corrected chi connectivity index (χ2v) is 3.31.